The van der Waals surface area contributed by atoms with E-state index in [4.69, 9.17) is 11.6 Å². The minimum atomic E-state index is -0.634. The predicted molar refractivity (Wildman–Crippen MR) is 76.3 cm³/mol. The van der Waals surface area contributed by atoms with E-state index in [9.17, 15) is 5.11 Å². The Balaban J connectivity index is 1.86. The van der Waals surface area contributed by atoms with Crippen LogP contribution in [0, 0.1) is 0 Å². The lowest BCUT2D eigenvalue weighted by Crippen LogP contribution is -2.09. The molecule has 3 rings (SSSR count). The van der Waals surface area contributed by atoms with E-state index in [1.165, 1.54) is 24.8 Å². The van der Waals surface area contributed by atoms with E-state index in [1.54, 1.807) is 12.3 Å². The molecule has 1 atom stereocenters. The fourth-order valence-corrected chi connectivity index (χ4v) is 2.58. The maximum atomic E-state index is 10.4. The van der Waals surface area contributed by atoms with E-state index >= 15 is 0 Å². The minimum absolute atomic E-state index is 0.444. The molecule has 0 radical (unpaired) electrons. The molecule has 1 aromatic carbocycles. The zero-order valence-electron chi connectivity index (χ0n) is 10.6. The Morgan fingerprint density at radius 2 is 2.00 bits per heavy atom. The summed E-state index contributed by atoms with van der Waals surface area (Å²) in [5, 5.41) is 10.8. The molecule has 1 aliphatic rings. The molecule has 0 spiro atoms. The lowest BCUT2D eigenvalue weighted by Gasteiger charge is -2.26. The molecule has 1 fully saturated rings. The van der Waals surface area contributed by atoms with Crippen molar-refractivity contribution in [1.82, 2.24) is 4.98 Å². The van der Waals surface area contributed by atoms with Gasteiger partial charge in [-0.3, -0.25) is 0 Å². The lowest BCUT2D eigenvalue weighted by molar-refractivity contribution is 0.219. The van der Waals surface area contributed by atoms with Crippen LogP contribution in [-0.2, 0) is 0 Å². The third-order valence-electron chi connectivity index (χ3n) is 3.87. The van der Waals surface area contributed by atoms with Crippen LogP contribution in [0.15, 0.2) is 42.6 Å². The van der Waals surface area contributed by atoms with E-state index in [-0.39, 0.29) is 0 Å². The molecular weight excluding hydrogens is 258 g/mol. The van der Waals surface area contributed by atoms with Gasteiger partial charge in [0.15, 0.2) is 0 Å². The van der Waals surface area contributed by atoms with Crippen LogP contribution >= 0.6 is 11.6 Å². The molecule has 2 nitrogen and oxygen atoms in total. The van der Waals surface area contributed by atoms with Crippen LogP contribution in [0.4, 0.5) is 0 Å². The van der Waals surface area contributed by atoms with Crippen LogP contribution in [-0.4, -0.2) is 10.1 Å². The Hall–Kier alpha value is -1.38. The smallest absolute Gasteiger partial charge is 0.129 e. The van der Waals surface area contributed by atoms with E-state index in [1.807, 2.05) is 18.2 Å². The normalized spacial score (nSPS) is 16.9. The molecule has 98 valence electrons. The highest BCUT2D eigenvalue weighted by Crippen LogP contribution is 2.37. The fraction of sp³-hybridized carbons (Fsp3) is 0.312. The molecule has 1 saturated carbocycles. The van der Waals surface area contributed by atoms with Gasteiger partial charge in [0, 0.05) is 11.8 Å². The Bertz CT molecular complexity index is 563. The average Bonchev–Trinajstić information content (AvgIpc) is 2.37. The highest BCUT2D eigenvalue weighted by molar-refractivity contribution is 6.29. The Morgan fingerprint density at radius 1 is 1.16 bits per heavy atom. The van der Waals surface area contributed by atoms with E-state index in [0.29, 0.717) is 11.1 Å². The number of rotatable bonds is 3. The topological polar surface area (TPSA) is 33.1 Å². The zero-order chi connectivity index (χ0) is 13.2. The molecule has 3 heteroatoms. The van der Waals surface area contributed by atoms with Crippen molar-refractivity contribution < 1.29 is 5.11 Å². The van der Waals surface area contributed by atoms with Crippen molar-refractivity contribution in [3.8, 4) is 0 Å². The van der Waals surface area contributed by atoms with Gasteiger partial charge in [0.25, 0.3) is 0 Å². The average molecular weight is 274 g/mol. The third-order valence-corrected chi connectivity index (χ3v) is 4.09. The highest BCUT2D eigenvalue weighted by atomic mass is 35.5. The summed E-state index contributed by atoms with van der Waals surface area (Å²) in [7, 11) is 0. The lowest BCUT2D eigenvalue weighted by atomic mass is 9.79. The molecule has 1 aliphatic carbocycles. The molecule has 1 heterocycles. The molecule has 1 unspecified atom stereocenters. The van der Waals surface area contributed by atoms with E-state index in [2.05, 4.69) is 17.1 Å². The standard InChI is InChI=1S/C16H16ClNO/c17-15-8-7-14(10-18-15)16(19)13-6-2-5-12(9-13)11-3-1-4-11/h2,5-11,16,19H,1,3-4H2. The van der Waals surface area contributed by atoms with Crippen molar-refractivity contribution in [3.05, 3.63) is 64.4 Å². The summed E-state index contributed by atoms with van der Waals surface area (Å²) in [6.45, 7) is 0. The molecule has 0 amide bonds. The maximum absolute atomic E-state index is 10.4. The summed E-state index contributed by atoms with van der Waals surface area (Å²) in [6.07, 6.45) is 4.84. The molecular formula is C16H16ClNO. The summed E-state index contributed by atoms with van der Waals surface area (Å²) in [4.78, 5) is 4.02. The summed E-state index contributed by atoms with van der Waals surface area (Å²) in [5.74, 6) is 0.676. The second-order valence-electron chi connectivity index (χ2n) is 5.11. The van der Waals surface area contributed by atoms with Crippen molar-refractivity contribution in [2.24, 2.45) is 0 Å². The van der Waals surface area contributed by atoms with Crippen molar-refractivity contribution >= 4 is 11.6 Å². The first-order chi connectivity index (χ1) is 9.24. The van der Waals surface area contributed by atoms with Gasteiger partial charge in [-0.1, -0.05) is 48.4 Å². The van der Waals surface area contributed by atoms with Crippen LogP contribution in [0.25, 0.3) is 0 Å². The van der Waals surface area contributed by atoms with Crippen LogP contribution in [0.3, 0.4) is 0 Å². The number of nitrogens with zero attached hydrogens (tertiary/aromatic N) is 1. The number of halogens is 1. The van der Waals surface area contributed by atoms with Gasteiger partial charge in [-0.25, -0.2) is 4.98 Å². The van der Waals surface area contributed by atoms with Crippen LogP contribution in [0.2, 0.25) is 5.15 Å². The molecule has 19 heavy (non-hydrogen) atoms. The molecule has 0 bridgehead atoms. The highest BCUT2D eigenvalue weighted by Gasteiger charge is 2.20. The molecule has 0 saturated heterocycles. The molecule has 0 aliphatic heterocycles. The maximum Gasteiger partial charge on any atom is 0.129 e. The Morgan fingerprint density at radius 3 is 2.63 bits per heavy atom. The Labute approximate surface area is 118 Å². The zero-order valence-corrected chi connectivity index (χ0v) is 11.3. The van der Waals surface area contributed by atoms with Gasteiger partial charge in [-0.2, -0.15) is 0 Å². The largest absolute Gasteiger partial charge is 0.384 e. The van der Waals surface area contributed by atoms with Crippen LogP contribution in [0.1, 0.15) is 48.0 Å². The monoisotopic (exact) mass is 273 g/mol. The minimum Gasteiger partial charge on any atom is -0.384 e. The number of aromatic nitrogens is 1. The van der Waals surface area contributed by atoms with Gasteiger partial charge in [0.05, 0.1) is 0 Å². The number of benzene rings is 1. The first-order valence-corrected chi connectivity index (χ1v) is 7.01. The van der Waals surface area contributed by atoms with Crippen molar-refractivity contribution in [3.63, 3.8) is 0 Å². The van der Waals surface area contributed by atoms with Crippen molar-refractivity contribution in [2.75, 3.05) is 0 Å². The SMILES string of the molecule is OC(c1ccc(Cl)nc1)c1cccc(C2CCC2)c1. The molecule has 1 N–H and O–H groups in total. The second kappa shape index (κ2) is 5.32. The number of hydrogen-bond donors (Lipinski definition) is 1. The number of hydrogen-bond acceptors (Lipinski definition) is 2. The van der Waals surface area contributed by atoms with Gasteiger partial charge in [-0.15, -0.1) is 0 Å². The third kappa shape index (κ3) is 2.65. The predicted octanol–water partition coefficient (Wildman–Crippen LogP) is 4.08. The molecule has 1 aromatic heterocycles. The first kappa shape index (κ1) is 12.6. The van der Waals surface area contributed by atoms with Gasteiger partial charge in [-0.05, 0) is 36.0 Å². The summed E-state index contributed by atoms with van der Waals surface area (Å²) in [5.41, 5.74) is 3.04. The Kier molecular flexibility index (Phi) is 3.54. The van der Waals surface area contributed by atoms with Crippen LogP contribution < -0.4 is 0 Å². The molecule has 2 aromatic rings. The number of pyridine rings is 1. The summed E-state index contributed by atoms with van der Waals surface area (Å²) in [6, 6.07) is 11.8. The van der Waals surface area contributed by atoms with Gasteiger partial charge < -0.3 is 5.11 Å². The van der Waals surface area contributed by atoms with Gasteiger partial charge >= 0.3 is 0 Å². The van der Waals surface area contributed by atoms with Crippen LogP contribution in [0.5, 0.6) is 0 Å². The summed E-state index contributed by atoms with van der Waals surface area (Å²) >= 11 is 5.76. The summed E-state index contributed by atoms with van der Waals surface area (Å²) < 4.78 is 0. The fourth-order valence-electron chi connectivity index (χ4n) is 2.47. The number of aliphatic hydroxyl groups is 1. The van der Waals surface area contributed by atoms with Crippen molar-refractivity contribution in [1.29, 1.82) is 0 Å². The van der Waals surface area contributed by atoms with Crippen molar-refractivity contribution in [2.45, 2.75) is 31.3 Å². The van der Waals surface area contributed by atoms with E-state index < -0.39 is 6.10 Å². The van der Waals surface area contributed by atoms with E-state index in [0.717, 1.165) is 11.1 Å². The number of aliphatic hydroxyl groups excluding tert-OH is 1. The quantitative estimate of drug-likeness (QED) is 0.855. The van der Waals surface area contributed by atoms with Gasteiger partial charge in [0.2, 0.25) is 0 Å². The first-order valence-electron chi connectivity index (χ1n) is 6.63. The second-order valence-corrected chi connectivity index (χ2v) is 5.50. The van der Waals surface area contributed by atoms with Gasteiger partial charge in [0.1, 0.15) is 11.3 Å².